The van der Waals surface area contributed by atoms with Crippen LogP contribution in [0.4, 0.5) is 0 Å². The molecule has 4 rings (SSSR count). The van der Waals surface area contributed by atoms with Gasteiger partial charge in [0, 0.05) is 27.7 Å². The van der Waals surface area contributed by atoms with Gasteiger partial charge < -0.3 is 4.98 Å². The zero-order valence-corrected chi connectivity index (χ0v) is 17.5. The third kappa shape index (κ3) is 3.39. The molecule has 0 radical (unpaired) electrons. The van der Waals surface area contributed by atoms with E-state index in [1.54, 1.807) is 4.57 Å². The highest BCUT2D eigenvalue weighted by Gasteiger charge is 2.26. The average molecular weight is 390 g/mol. The molecule has 0 spiro atoms. The van der Waals surface area contributed by atoms with Gasteiger partial charge >= 0.3 is 5.69 Å². The number of imidazole rings is 1. The van der Waals surface area contributed by atoms with Crippen LogP contribution < -0.4 is 11.2 Å². The molecular formula is C23H26N4O2. The first kappa shape index (κ1) is 19.2. The molecule has 0 saturated carbocycles. The quantitative estimate of drug-likeness (QED) is 0.557. The molecule has 6 heteroatoms. The van der Waals surface area contributed by atoms with E-state index in [-0.39, 0.29) is 16.8 Å². The number of aromatic nitrogens is 4. The Morgan fingerprint density at radius 2 is 1.69 bits per heavy atom. The maximum absolute atomic E-state index is 12.7. The maximum Gasteiger partial charge on any atom is 0.328 e. The van der Waals surface area contributed by atoms with Gasteiger partial charge in [-0.15, -0.1) is 0 Å². The van der Waals surface area contributed by atoms with Gasteiger partial charge in [-0.2, -0.15) is 0 Å². The predicted octanol–water partition coefficient (Wildman–Crippen LogP) is 3.84. The molecular weight excluding hydrogens is 364 g/mol. The van der Waals surface area contributed by atoms with E-state index in [1.807, 2.05) is 77.1 Å². The molecule has 6 nitrogen and oxygen atoms in total. The molecule has 1 aromatic carbocycles. The molecule has 0 fully saturated rings. The van der Waals surface area contributed by atoms with Crippen LogP contribution in [0.2, 0.25) is 0 Å². The van der Waals surface area contributed by atoms with Crippen molar-refractivity contribution in [2.45, 2.75) is 52.0 Å². The number of pyridine rings is 2. The number of fused-ring (bicyclic) bond motifs is 2. The Bertz CT molecular complexity index is 1330. The normalized spacial score (nSPS) is 12.7. The largest absolute Gasteiger partial charge is 0.328 e. The molecule has 29 heavy (non-hydrogen) atoms. The first-order chi connectivity index (χ1) is 13.6. The second-order valence-electron chi connectivity index (χ2n) is 9.27. The summed E-state index contributed by atoms with van der Waals surface area (Å²) in [7, 11) is 0. The van der Waals surface area contributed by atoms with Gasteiger partial charge in [-0.3, -0.25) is 14.3 Å². The molecule has 4 aromatic rings. The van der Waals surface area contributed by atoms with Crippen LogP contribution in [0.3, 0.4) is 0 Å². The van der Waals surface area contributed by atoms with E-state index in [4.69, 9.17) is 0 Å². The topological polar surface area (TPSA) is 83.5 Å². The Hall–Kier alpha value is -3.15. The molecule has 150 valence electrons. The lowest BCUT2D eigenvalue weighted by molar-refractivity contribution is 0.397. The lowest BCUT2D eigenvalue weighted by Crippen LogP contribution is -2.31. The second kappa shape index (κ2) is 6.44. The maximum atomic E-state index is 12.7. The molecule has 2 N–H and O–H groups in total. The van der Waals surface area contributed by atoms with Crippen LogP contribution in [0.5, 0.6) is 0 Å². The Kier molecular flexibility index (Phi) is 4.26. The molecule has 0 aliphatic rings. The van der Waals surface area contributed by atoms with E-state index in [0.29, 0.717) is 12.1 Å². The van der Waals surface area contributed by atoms with E-state index < -0.39 is 5.41 Å². The first-order valence-corrected chi connectivity index (χ1v) is 9.80. The summed E-state index contributed by atoms with van der Waals surface area (Å²) in [6, 6.07) is 13.6. The van der Waals surface area contributed by atoms with Crippen molar-refractivity contribution in [3.63, 3.8) is 0 Å². The van der Waals surface area contributed by atoms with Gasteiger partial charge in [-0.05, 0) is 56.8 Å². The molecule has 0 aliphatic carbocycles. The van der Waals surface area contributed by atoms with Crippen LogP contribution in [0, 0.1) is 0 Å². The number of hydrogen-bond acceptors (Lipinski definition) is 3. The Labute approximate surface area is 168 Å². The predicted molar refractivity (Wildman–Crippen MR) is 117 cm³/mol. The molecule has 0 unspecified atom stereocenters. The summed E-state index contributed by atoms with van der Waals surface area (Å²) in [5.41, 5.74) is 2.73. The Balaban J connectivity index is 1.75. The summed E-state index contributed by atoms with van der Waals surface area (Å²) >= 11 is 0. The Morgan fingerprint density at radius 1 is 0.966 bits per heavy atom. The number of rotatable bonds is 3. The number of aromatic amines is 2. The summed E-state index contributed by atoms with van der Waals surface area (Å²) in [5, 5.41) is 1.00. The SMILES string of the molecule is CC(C)(Cc1ccc2c(n1)[nH]c(=O)n2C(C)(C)C)c1cc2ccccc2[nH]c1=O. The highest BCUT2D eigenvalue weighted by Crippen LogP contribution is 2.27. The smallest absolute Gasteiger partial charge is 0.322 e. The number of benzene rings is 1. The van der Waals surface area contributed by atoms with Crippen molar-refractivity contribution >= 4 is 22.1 Å². The molecule has 0 atom stereocenters. The molecule has 0 bridgehead atoms. The van der Waals surface area contributed by atoms with E-state index in [2.05, 4.69) is 15.0 Å². The molecule has 0 saturated heterocycles. The van der Waals surface area contributed by atoms with Crippen molar-refractivity contribution in [1.29, 1.82) is 0 Å². The van der Waals surface area contributed by atoms with E-state index in [9.17, 15) is 9.59 Å². The van der Waals surface area contributed by atoms with Crippen molar-refractivity contribution in [2.75, 3.05) is 0 Å². The fourth-order valence-corrected chi connectivity index (χ4v) is 3.99. The van der Waals surface area contributed by atoms with Crippen LogP contribution in [-0.4, -0.2) is 19.5 Å². The van der Waals surface area contributed by atoms with Gasteiger partial charge in [-0.25, -0.2) is 9.78 Å². The van der Waals surface area contributed by atoms with Crippen molar-refractivity contribution < 1.29 is 0 Å². The lowest BCUT2D eigenvalue weighted by Gasteiger charge is -2.24. The monoisotopic (exact) mass is 390 g/mol. The van der Waals surface area contributed by atoms with Gasteiger partial charge in [-0.1, -0.05) is 32.0 Å². The number of para-hydroxylation sites is 1. The molecule has 3 aromatic heterocycles. The third-order valence-corrected chi connectivity index (χ3v) is 5.38. The van der Waals surface area contributed by atoms with Gasteiger partial charge in [0.15, 0.2) is 5.65 Å². The third-order valence-electron chi connectivity index (χ3n) is 5.38. The van der Waals surface area contributed by atoms with Crippen molar-refractivity contribution in [3.05, 3.63) is 74.6 Å². The zero-order valence-electron chi connectivity index (χ0n) is 17.5. The summed E-state index contributed by atoms with van der Waals surface area (Å²) in [6.07, 6.45) is 0.576. The van der Waals surface area contributed by atoms with Crippen molar-refractivity contribution in [1.82, 2.24) is 19.5 Å². The summed E-state index contributed by atoms with van der Waals surface area (Å²) in [4.78, 5) is 35.6. The fourth-order valence-electron chi connectivity index (χ4n) is 3.99. The standard InChI is InChI=1S/C23H26N4O2/c1-22(2,3)27-18-11-10-15(24-19(18)26-21(27)29)13-23(4,5)16-12-14-8-6-7-9-17(14)25-20(16)28/h6-12H,13H2,1-5H3,(H,25,28)(H,24,26,29). The van der Waals surface area contributed by atoms with Gasteiger partial charge in [0.1, 0.15) is 0 Å². The number of H-pyrrole nitrogens is 2. The summed E-state index contributed by atoms with van der Waals surface area (Å²) in [5.74, 6) is 0. The van der Waals surface area contributed by atoms with Crippen LogP contribution in [0.1, 0.15) is 45.9 Å². The minimum Gasteiger partial charge on any atom is -0.322 e. The number of nitrogens with one attached hydrogen (secondary N) is 2. The highest BCUT2D eigenvalue weighted by molar-refractivity contribution is 5.79. The summed E-state index contributed by atoms with van der Waals surface area (Å²) < 4.78 is 1.72. The minimum atomic E-state index is -0.425. The average Bonchev–Trinajstić information content (AvgIpc) is 2.95. The summed E-state index contributed by atoms with van der Waals surface area (Å²) in [6.45, 7) is 10.1. The van der Waals surface area contributed by atoms with Crippen LogP contribution in [-0.2, 0) is 17.4 Å². The van der Waals surface area contributed by atoms with Crippen LogP contribution in [0.25, 0.3) is 22.1 Å². The molecule has 0 amide bonds. The van der Waals surface area contributed by atoms with Crippen molar-refractivity contribution in [3.8, 4) is 0 Å². The van der Waals surface area contributed by atoms with Crippen molar-refractivity contribution in [2.24, 2.45) is 0 Å². The highest BCUT2D eigenvalue weighted by atomic mass is 16.1. The Morgan fingerprint density at radius 3 is 2.41 bits per heavy atom. The van der Waals surface area contributed by atoms with E-state index >= 15 is 0 Å². The number of hydrogen-bond donors (Lipinski definition) is 2. The van der Waals surface area contributed by atoms with E-state index in [0.717, 1.165) is 27.7 Å². The fraction of sp³-hybridized carbons (Fsp3) is 0.348. The van der Waals surface area contributed by atoms with E-state index in [1.165, 1.54) is 0 Å². The molecule has 3 heterocycles. The molecule has 0 aliphatic heterocycles. The van der Waals surface area contributed by atoms with Gasteiger partial charge in [0.05, 0.1) is 5.52 Å². The first-order valence-electron chi connectivity index (χ1n) is 9.80. The van der Waals surface area contributed by atoms with Crippen LogP contribution >= 0.6 is 0 Å². The second-order valence-corrected chi connectivity index (χ2v) is 9.27. The van der Waals surface area contributed by atoms with Gasteiger partial charge in [0.2, 0.25) is 0 Å². The minimum absolute atomic E-state index is 0.0814. The van der Waals surface area contributed by atoms with Gasteiger partial charge in [0.25, 0.3) is 5.56 Å². The lowest BCUT2D eigenvalue weighted by atomic mass is 9.80. The zero-order chi connectivity index (χ0) is 21.0. The van der Waals surface area contributed by atoms with Crippen LogP contribution in [0.15, 0.2) is 52.1 Å². The number of nitrogens with zero attached hydrogens (tertiary/aromatic N) is 2.